The first kappa shape index (κ1) is 10.1. The van der Waals surface area contributed by atoms with Crippen LogP contribution in [0.25, 0.3) is 0 Å². The molecule has 1 N–H and O–H groups in total. The lowest BCUT2D eigenvalue weighted by atomic mass is 10.1. The third kappa shape index (κ3) is 2.32. The largest absolute Gasteiger partial charge is 0.481 e. The minimum absolute atomic E-state index is 0.0375. The molecule has 0 bridgehead atoms. The number of carbonyl (C=O) groups is 1. The van der Waals surface area contributed by atoms with Crippen molar-refractivity contribution in [3.63, 3.8) is 0 Å². The van der Waals surface area contributed by atoms with E-state index in [1.54, 1.807) is 6.20 Å². The van der Waals surface area contributed by atoms with Crippen LogP contribution in [0.2, 0.25) is 0 Å². The van der Waals surface area contributed by atoms with Gasteiger partial charge in [0.1, 0.15) is 5.82 Å². The maximum atomic E-state index is 10.7. The Morgan fingerprint density at radius 2 is 2.33 bits per heavy atom. The van der Waals surface area contributed by atoms with E-state index in [1.165, 1.54) is 0 Å². The van der Waals surface area contributed by atoms with E-state index in [0.29, 0.717) is 5.92 Å². The third-order valence-corrected chi connectivity index (χ3v) is 2.57. The zero-order chi connectivity index (χ0) is 10.8. The van der Waals surface area contributed by atoms with Crippen LogP contribution >= 0.6 is 0 Å². The van der Waals surface area contributed by atoms with E-state index in [2.05, 4.69) is 9.97 Å². The van der Waals surface area contributed by atoms with Crippen molar-refractivity contribution < 1.29 is 9.90 Å². The van der Waals surface area contributed by atoms with Crippen LogP contribution in [0.3, 0.4) is 0 Å². The van der Waals surface area contributed by atoms with Gasteiger partial charge in [0.2, 0.25) is 0 Å². The molecular formula is C11H14N2O2. The van der Waals surface area contributed by atoms with E-state index in [1.807, 2.05) is 6.92 Å². The lowest BCUT2D eigenvalue weighted by molar-refractivity contribution is -0.136. The van der Waals surface area contributed by atoms with E-state index in [4.69, 9.17) is 5.11 Å². The van der Waals surface area contributed by atoms with Gasteiger partial charge in [0.25, 0.3) is 0 Å². The minimum atomic E-state index is -0.815. The summed E-state index contributed by atoms with van der Waals surface area (Å²) in [6.45, 7) is 2.00. The zero-order valence-electron chi connectivity index (χ0n) is 8.73. The molecule has 1 aliphatic rings. The van der Waals surface area contributed by atoms with Gasteiger partial charge < -0.3 is 5.11 Å². The Bertz CT molecular complexity index is 386. The second-order valence-electron chi connectivity index (χ2n) is 3.90. The lowest BCUT2D eigenvalue weighted by Crippen LogP contribution is -2.07. The van der Waals surface area contributed by atoms with Crippen molar-refractivity contribution in [2.75, 3.05) is 0 Å². The van der Waals surface area contributed by atoms with Gasteiger partial charge in [-0.05, 0) is 12.8 Å². The summed E-state index contributed by atoms with van der Waals surface area (Å²) in [6, 6.07) is 0. The van der Waals surface area contributed by atoms with Gasteiger partial charge in [-0.2, -0.15) is 0 Å². The molecule has 0 radical (unpaired) electrons. The van der Waals surface area contributed by atoms with Crippen molar-refractivity contribution in [2.24, 2.45) is 0 Å². The van der Waals surface area contributed by atoms with Crippen LogP contribution < -0.4 is 0 Å². The highest BCUT2D eigenvalue weighted by Crippen LogP contribution is 2.40. The van der Waals surface area contributed by atoms with Crippen LogP contribution in [0, 0.1) is 0 Å². The maximum absolute atomic E-state index is 10.7. The summed E-state index contributed by atoms with van der Waals surface area (Å²) < 4.78 is 0. The fraction of sp³-hybridized carbons (Fsp3) is 0.545. The maximum Gasteiger partial charge on any atom is 0.307 e. The van der Waals surface area contributed by atoms with Gasteiger partial charge in [-0.1, -0.05) is 6.92 Å². The lowest BCUT2D eigenvalue weighted by Gasteiger charge is -2.06. The summed E-state index contributed by atoms with van der Waals surface area (Å²) in [5, 5.41) is 8.76. The number of aromatic nitrogens is 2. The molecule has 1 aromatic heterocycles. The van der Waals surface area contributed by atoms with Crippen LogP contribution in [0.15, 0.2) is 6.20 Å². The average molecular weight is 206 g/mol. The van der Waals surface area contributed by atoms with E-state index in [9.17, 15) is 4.79 Å². The van der Waals surface area contributed by atoms with Gasteiger partial charge in [0.15, 0.2) is 0 Å². The van der Waals surface area contributed by atoms with Gasteiger partial charge in [-0.15, -0.1) is 0 Å². The van der Waals surface area contributed by atoms with Gasteiger partial charge >= 0.3 is 5.97 Å². The molecule has 1 aromatic rings. The van der Waals surface area contributed by atoms with E-state index < -0.39 is 5.97 Å². The van der Waals surface area contributed by atoms with Crippen molar-refractivity contribution in [1.29, 1.82) is 0 Å². The first-order valence-corrected chi connectivity index (χ1v) is 5.27. The Morgan fingerprint density at radius 1 is 1.60 bits per heavy atom. The highest BCUT2D eigenvalue weighted by Gasteiger charge is 2.28. The normalized spacial score (nSPS) is 15.3. The number of carboxylic acids is 1. The Balaban J connectivity index is 2.31. The number of hydrogen-bond acceptors (Lipinski definition) is 3. The molecule has 0 unspecified atom stereocenters. The highest BCUT2D eigenvalue weighted by atomic mass is 16.4. The number of rotatable bonds is 4. The molecule has 0 aromatic carbocycles. The molecule has 1 fully saturated rings. The van der Waals surface area contributed by atoms with Crippen molar-refractivity contribution in [3.8, 4) is 0 Å². The number of nitrogens with zero attached hydrogens (tertiary/aromatic N) is 2. The summed E-state index contributed by atoms with van der Waals surface area (Å²) in [5.41, 5.74) is 1.74. The number of aryl methyl sites for hydroxylation is 1. The second-order valence-corrected chi connectivity index (χ2v) is 3.90. The molecule has 0 spiro atoms. The first-order valence-electron chi connectivity index (χ1n) is 5.27. The summed E-state index contributed by atoms with van der Waals surface area (Å²) in [6.07, 6.45) is 4.77. The predicted molar refractivity (Wildman–Crippen MR) is 54.7 cm³/mol. The van der Waals surface area contributed by atoms with Gasteiger partial charge in [-0.3, -0.25) is 4.79 Å². The van der Waals surface area contributed by atoms with Crippen molar-refractivity contribution in [1.82, 2.24) is 9.97 Å². The molecule has 80 valence electrons. The van der Waals surface area contributed by atoms with Gasteiger partial charge in [0.05, 0.1) is 12.1 Å². The van der Waals surface area contributed by atoms with Crippen LogP contribution in [0.1, 0.15) is 42.8 Å². The van der Waals surface area contributed by atoms with Gasteiger partial charge in [-0.25, -0.2) is 9.97 Å². The fourth-order valence-electron chi connectivity index (χ4n) is 1.64. The molecule has 1 heterocycles. The SMILES string of the molecule is CCc1ncc(CC(=O)O)c(C2CC2)n1. The van der Waals surface area contributed by atoms with Crippen molar-refractivity contribution in [2.45, 2.75) is 38.5 Å². The summed E-state index contributed by atoms with van der Waals surface area (Å²) in [7, 11) is 0. The number of carboxylic acid groups (broad SMARTS) is 1. The molecule has 15 heavy (non-hydrogen) atoms. The molecule has 4 heteroatoms. The van der Waals surface area contributed by atoms with Crippen molar-refractivity contribution >= 4 is 5.97 Å². The fourth-order valence-corrected chi connectivity index (χ4v) is 1.64. The third-order valence-electron chi connectivity index (χ3n) is 2.57. The monoisotopic (exact) mass is 206 g/mol. The number of hydrogen-bond donors (Lipinski definition) is 1. The summed E-state index contributed by atoms with van der Waals surface area (Å²) >= 11 is 0. The molecule has 0 atom stereocenters. The van der Waals surface area contributed by atoms with Crippen LogP contribution in [-0.4, -0.2) is 21.0 Å². The Kier molecular flexibility index (Phi) is 2.66. The second kappa shape index (κ2) is 3.96. The first-order chi connectivity index (χ1) is 7.20. The van der Waals surface area contributed by atoms with E-state index in [-0.39, 0.29) is 6.42 Å². The zero-order valence-corrected chi connectivity index (χ0v) is 8.73. The molecule has 0 saturated heterocycles. The summed E-state index contributed by atoms with van der Waals surface area (Å²) in [5.74, 6) is 0.475. The highest BCUT2D eigenvalue weighted by molar-refractivity contribution is 5.70. The molecule has 0 aliphatic heterocycles. The topological polar surface area (TPSA) is 63.1 Å². The molecule has 1 saturated carbocycles. The van der Waals surface area contributed by atoms with Crippen molar-refractivity contribution in [3.05, 3.63) is 23.3 Å². The number of aliphatic carboxylic acids is 1. The Hall–Kier alpha value is -1.45. The predicted octanol–water partition coefficient (Wildman–Crippen LogP) is 1.54. The molecule has 2 rings (SSSR count). The van der Waals surface area contributed by atoms with Gasteiger partial charge in [0, 0.05) is 24.1 Å². The Morgan fingerprint density at radius 3 is 2.87 bits per heavy atom. The Labute approximate surface area is 88.4 Å². The van der Waals surface area contributed by atoms with E-state index >= 15 is 0 Å². The summed E-state index contributed by atoms with van der Waals surface area (Å²) in [4.78, 5) is 19.2. The van der Waals surface area contributed by atoms with E-state index in [0.717, 1.165) is 36.3 Å². The average Bonchev–Trinajstić information content (AvgIpc) is 3.01. The molecule has 4 nitrogen and oxygen atoms in total. The molecule has 1 aliphatic carbocycles. The standard InChI is InChI=1S/C11H14N2O2/c1-2-9-12-6-8(5-10(14)15)11(13-9)7-3-4-7/h6-7H,2-5H2,1H3,(H,14,15). The van der Waals surface area contributed by atoms with Crippen LogP contribution in [0.5, 0.6) is 0 Å². The van der Waals surface area contributed by atoms with Crippen LogP contribution in [-0.2, 0) is 17.6 Å². The quantitative estimate of drug-likeness (QED) is 0.811. The molecular weight excluding hydrogens is 192 g/mol. The molecule has 0 amide bonds. The minimum Gasteiger partial charge on any atom is -0.481 e. The smallest absolute Gasteiger partial charge is 0.307 e. The van der Waals surface area contributed by atoms with Crippen LogP contribution in [0.4, 0.5) is 0 Å².